The fourth-order valence-electron chi connectivity index (χ4n) is 2.98. The van der Waals surface area contributed by atoms with Gasteiger partial charge in [-0.15, -0.1) is 0 Å². The van der Waals surface area contributed by atoms with Gasteiger partial charge in [0.05, 0.1) is 0 Å². The Bertz CT molecular complexity index is 778. The van der Waals surface area contributed by atoms with Gasteiger partial charge in [0.1, 0.15) is 0 Å². The zero-order chi connectivity index (χ0) is 17.8. The average Bonchev–Trinajstić information content (AvgIpc) is 3.14. The minimum absolute atomic E-state index is 0.615. The third kappa shape index (κ3) is 3.99. The van der Waals surface area contributed by atoms with Gasteiger partial charge in [-0.25, -0.2) is 0 Å². The lowest BCUT2D eigenvalue weighted by Gasteiger charge is -2.17. The minimum atomic E-state index is -0.671. The van der Waals surface area contributed by atoms with E-state index in [-0.39, 0.29) is 0 Å². The van der Waals surface area contributed by atoms with Gasteiger partial charge in [0.2, 0.25) is 0 Å². The van der Waals surface area contributed by atoms with Gasteiger partial charge in [0, 0.05) is 30.2 Å². The largest absolute Gasteiger partial charge is 0.372 e. The third-order valence-corrected chi connectivity index (χ3v) is 4.66. The first-order chi connectivity index (χ1) is 12.0. The lowest BCUT2D eigenvalue weighted by Crippen LogP contribution is -2.29. The molecule has 3 rings (SSSR count). The molecule has 0 atom stereocenters. The van der Waals surface area contributed by atoms with Gasteiger partial charge in [-0.05, 0) is 68.1 Å². The topological polar surface area (TPSA) is 61.4 Å². The van der Waals surface area contributed by atoms with Crippen LogP contribution in [0.2, 0.25) is 0 Å². The van der Waals surface area contributed by atoms with E-state index in [0.29, 0.717) is 11.4 Å². The standard InChI is InChI=1S/C20H23N3O2/c1-14-6-5-7-18(15(14)2)22-20(25)19(24)21-16-8-10-17(11-9-16)23-12-3-4-13-23/h5-11H,3-4,12-13H2,1-2H3,(H,21,24)(H,22,25). The maximum Gasteiger partial charge on any atom is 0.314 e. The molecular formula is C20H23N3O2. The first kappa shape index (κ1) is 17.0. The van der Waals surface area contributed by atoms with Crippen molar-refractivity contribution in [1.29, 1.82) is 0 Å². The van der Waals surface area contributed by atoms with Crippen LogP contribution in [-0.2, 0) is 9.59 Å². The number of carbonyl (C=O) groups is 2. The second-order valence-electron chi connectivity index (χ2n) is 6.40. The highest BCUT2D eigenvalue weighted by Crippen LogP contribution is 2.22. The Morgan fingerprint density at radius 1 is 0.880 bits per heavy atom. The summed E-state index contributed by atoms with van der Waals surface area (Å²) in [6.07, 6.45) is 2.44. The van der Waals surface area contributed by atoms with Crippen LogP contribution in [-0.4, -0.2) is 24.9 Å². The van der Waals surface area contributed by atoms with Crippen LogP contribution < -0.4 is 15.5 Å². The van der Waals surface area contributed by atoms with Crippen molar-refractivity contribution in [3.63, 3.8) is 0 Å². The molecule has 5 nitrogen and oxygen atoms in total. The number of hydrogen-bond donors (Lipinski definition) is 2. The fraction of sp³-hybridized carbons (Fsp3) is 0.300. The summed E-state index contributed by atoms with van der Waals surface area (Å²) >= 11 is 0. The average molecular weight is 337 g/mol. The van der Waals surface area contributed by atoms with Gasteiger partial charge >= 0.3 is 11.8 Å². The number of hydrogen-bond acceptors (Lipinski definition) is 3. The summed E-state index contributed by atoms with van der Waals surface area (Å²) in [5.41, 5.74) is 4.44. The van der Waals surface area contributed by atoms with Crippen LogP contribution in [0.15, 0.2) is 42.5 Å². The molecule has 0 unspecified atom stereocenters. The van der Waals surface area contributed by atoms with Crippen molar-refractivity contribution < 1.29 is 9.59 Å². The van der Waals surface area contributed by atoms with Gasteiger partial charge in [-0.3, -0.25) is 9.59 Å². The zero-order valence-electron chi connectivity index (χ0n) is 14.6. The number of carbonyl (C=O) groups excluding carboxylic acids is 2. The Hall–Kier alpha value is -2.82. The third-order valence-electron chi connectivity index (χ3n) is 4.66. The van der Waals surface area contributed by atoms with Crippen LogP contribution in [0.1, 0.15) is 24.0 Å². The van der Waals surface area contributed by atoms with E-state index < -0.39 is 11.8 Å². The van der Waals surface area contributed by atoms with Crippen molar-refractivity contribution >= 4 is 28.9 Å². The van der Waals surface area contributed by atoms with Gasteiger partial charge in [-0.1, -0.05) is 12.1 Å². The second-order valence-corrected chi connectivity index (χ2v) is 6.40. The summed E-state index contributed by atoms with van der Waals surface area (Å²) in [7, 11) is 0. The number of aryl methyl sites for hydroxylation is 1. The molecule has 1 heterocycles. The molecule has 1 aliphatic rings. The smallest absolute Gasteiger partial charge is 0.314 e. The Balaban J connectivity index is 1.61. The maximum absolute atomic E-state index is 12.1. The molecule has 1 saturated heterocycles. The molecule has 0 radical (unpaired) electrons. The summed E-state index contributed by atoms with van der Waals surface area (Å²) in [6.45, 7) is 6.03. The van der Waals surface area contributed by atoms with Crippen LogP contribution in [0.3, 0.4) is 0 Å². The summed E-state index contributed by atoms with van der Waals surface area (Å²) in [5, 5.41) is 5.31. The van der Waals surface area contributed by atoms with Crippen molar-refractivity contribution in [3.05, 3.63) is 53.6 Å². The van der Waals surface area contributed by atoms with E-state index in [2.05, 4.69) is 15.5 Å². The Kier molecular flexibility index (Phi) is 5.03. The predicted molar refractivity (Wildman–Crippen MR) is 101 cm³/mol. The molecule has 5 heteroatoms. The van der Waals surface area contributed by atoms with Crippen molar-refractivity contribution in [2.45, 2.75) is 26.7 Å². The maximum atomic E-state index is 12.1. The van der Waals surface area contributed by atoms with Gasteiger partial charge in [0.15, 0.2) is 0 Å². The summed E-state index contributed by atoms with van der Waals surface area (Å²) < 4.78 is 0. The highest BCUT2D eigenvalue weighted by molar-refractivity contribution is 6.43. The molecule has 2 N–H and O–H groups in total. The Morgan fingerprint density at radius 3 is 2.20 bits per heavy atom. The van der Waals surface area contributed by atoms with Crippen LogP contribution >= 0.6 is 0 Å². The molecule has 130 valence electrons. The zero-order valence-corrected chi connectivity index (χ0v) is 14.6. The summed E-state index contributed by atoms with van der Waals surface area (Å²) in [4.78, 5) is 26.6. The molecule has 2 aromatic rings. The van der Waals surface area contributed by atoms with Crippen molar-refractivity contribution in [3.8, 4) is 0 Å². The number of nitrogens with one attached hydrogen (secondary N) is 2. The Morgan fingerprint density at radius 2 is 1.52 bits per heavy atom. The molecule has 0 saturated carbocycles. The first-order valence-electron chi connectivity index (χ1n) is 8.58. The quantitative estimate of drug-likeness (QED) is 0.843. The molecule has 2 amide bonds. The van der Waals surface area contributed by atoms with Crippen LogP contribution in [0, 0.1) is 13.8 Å². The van der Waals surface area contributed by atoms with Gasteiger partial charge in [0.25, 0.3) is 0 Å². The SMILES string of the molecule is Cc1cccc(NC(=O)C(=O)Nc2ccc(N3CCCC3)cc2)c1C. The highest BCUT2D eigenvalue weighted by atomic mass is 16.2. The number of benzene rings is 2. The van der Waals surface area contributed by atoms with Crippen LogP contribution in [0.4, 0.5) is 17.1 Å². The van der Waals surface area contributed by atoms with E-state index in [1.165, 1.54) is 12.8 Å². The molecule has 2 aromatic carbocycles. The molecule has 1 fully saturated rings. The van der Waals surface area contributed by atoms with Crippen molar-refractivity contribution in [2.24, 2.45) is 0 Å². The summed E-state index contributed by atoms with van der Waals surface area (Å²) in [6, 6.07) is 13.2. The second kappa shape index (κ2) is 7.38. The monoisotopic (exact) mass is 337 g/mol. The van der Waals surface area contributed by atoms with E-state index in [1.54, 1.807) is 6.07 Å². The molecule has 25 heavy (non-hydrogen) atoms. The number of nitrogens with zero attached hydrogens (tertiary/aromatic N) is 1. The minimum Gasteiger partial charge on any atom is -0.372 e. The fourth-order valence-corrected chi connectivity index (χ4v) is 2.98. The summed E-state index contributed by atoms with van der Waals surface area (Å²) in [5.74, 6) is -1.34. The number of rotatable bonds is 3. The first-order valence-corrected chi connectivity index (χ1v) is 8.58. The van der Waals surface area contributed by atoms with E-state index in [1.807, 2.05) is 50.2 Å². The number of amides is 2. The van der Waals surface area contributed by atoms with Gasteiger partial charge in [-0.2, -0.15) is 0 Å². The van der Waals surface area contributed by atoms with Crippen molar-refractivity contribution in [2.75, 3.05) is 28.6 Å². The molecule has 0 spiro atoms. The van der Waals surface area contributed by atoms with Crippen LogP contribution in [0.25, 0.3) is 0 Å². The highest BCUT2D eigenvalue weighted by Gasteiger charge is 2.16. The molecule has 1 aliphatic heterocycles. The normalized spacial score (nSPS) is 13.6. The predicted octanol–water partition coefficient (Wildman–Crippen LogP) is 3.48. The lowest BCUT2D eigenvalue weighted by atomic mass is 10.1. The molecule has 0 aliphatic carbocycles. The van der Waals surface area contributed by atoms with Crippen molar-refractivity contribution in [1.82, 2.24) is 0 Å². The number of anilines is 3. The Labute approximate surface area is 148 Å². The van der Waals surface area contributed by atoms with E-state index in [9.17, 15) is 9.59 Å². The lowest BCUT2D eigenvalue weighted by molar-refractivity contribution is -0.133. The molecule has 0 aromatic heterocycles. The van der Waals surface area contributed by atoms with Gasteiger partial charge < -0.3 is 15.5 Å². The van der Waals surface area contributed by atoms with Crippen LogP contribution in [0.5, 0.6) is 0 Å². The van der Waals surface area contributed by atoms with E-state index in [4.69, 9.17) is 0 Å². The van der Waals surface area contributed by atoms with E-state index in [0.717, 1.165) is 29.9 Å². The molecular weight excluding hydrogens is 314 g/mol. The molecule has 0 bridgehead atoms. The van der Waals surface area contributed by atoms with E-state index >= 15 is 0 Å².